The Kier molecular flexibility index (Phi) is 1.64. The summed E-state index contributed by atoms with van der Waals surface area (Å²) in [6.07, 6.45) is 0.148. The topological polar surface area (TPSA) is 70.0 Å². The minimum atomic E-state index is 0.143. The largest absolute Gasteiger partial charge is 0.508 e. The molecule has 1 N–H and O–H groups in total. The standard InChI is InChI=1S/C9H6N2O2/c10-4-3-9-11-7-5-6(12)1-2-8(7)13-9/h1-2,5,12H,3H2. The fraction of sp³-hybridized carbons (Fsp3) is 0.111. The highest BCUT2D eigenvalue weighted by atomic mass is 16.3. The number of phenols is 1. The van der Waals surface area contributed by atoms with E-state index in [1.807, 2.05) is 6.07 Å². The Morgan fingerprint density at radius 1 is 1.54 bits per heavy atom. The molecule has 0 saturated heterocycles. The van der Waals surface area contributed by atoms with Gasteiger partial charge >= 0.3 is 0 Å². The number of oxazole rings is 1. The number of aromatic nitrogens is 1. The smallest absolute Gasteiger partial charge is 0.209 e. The lowest BCUT2D eigenvalue weighted by atomic mass is 10.3. The first-order valence-electron chi connectivity index (χ1n) is 3.75. The Bertz CT molecular complexity index is 482. The van der Waals surface area contributed by atoms with E-state index in [0.29, 0.717) is 17.0 Å². The Labute approximate surface area is 74.0 Å². The summed E-state index contributed by atoms with van der Waals surface area (Å²) >= 11 is 0. The number of aromatic hydroxyl groups is 1. The summed E-state index contributed by atoms with van der Waals surface area (Å²) in [4.78, 5) is 4.01. The van der Waals surface area contributed by atoms with Crippen molar-refractivity contribution in [3.8, 4) is 11.8 Å². The van der Waals surface area contributed by atoms with Crippen molar-refractivity contribution in [1.82, 2.24) is 4.98 Å². The van der Waals surface area contributed by atoms with E-state index < -0.39 is 0 Å². The highest BCUT2D eigenvalue weighted by Crippen LogP contribution is 2.20. The van der Waals surface area contributed by atoms with E-state index in [0.717, 1.165) is 0 Å². The zero-order chi connectivity index (χ0) is 9.26. The van der Waals surface area contributed by atoms with E-state index >= 15 is 0 Å². The summed E-state index contributed by atoms with van der Waals surface area (Å²) in [5.41, 5.74) is 1.16. The summed E-state index contributed by atoms with van der Waals surface area (Å²) in [5, 5.41) is 17.5. The second-order valence-electron chi connectivity index (χ2n) is 2.59. The number of nitrogens with zero attached hydrogens (tertiary/aromatic N) is 2. The van der Waals surface area contributed by atoms with E-state index in [-0.39, 0.29) is 12.2 Å². The molecule has 1 heterocycles. The molecule has 0 saturated carbocycles. The van der Waals surface area contributed by atoms with Crippen LogP contribution in [0.25, 0.3) is 11.1 Å². The lowest BCUT2D eigenvalue weighted by molar-refractivity contribution is 0.475. The number of nitriles is 1. The molecular weight excluding hydrogens is 168 g/mol. The molecule has 4 heteroatoms. The number of phenolic OH excluding ortho intramolecular Hbond substituents is 1. The number of benzene rings is 1. The van der Waals surface area contributed by atoms with Crippen molar-refractivity contribution in [2.45, 2.75) is 6.42 Å². The monoisotopic (exact) mass is 174 g/mol. The maximum atomic E-state index is 9.12. The Morgan fingerprint density at radius 2 is 2.38 bits per heavy atom. The number of hydrogen-bond donors (Lipinski definition) is 1. The molecule has 2 rings (SSSR count). The summed E-state index contributed by atoms with van der Waals surface area (Å²) < 4.78 is 5.22. The quantitative estimate of drug-likeness (QED) is 0.712. The minimum absolute atomic E-state index is 0.143. The van der Waals surface area contributed by atoms with E-state index in [9.17, 15) is 0 Å². The van der Waals surface area contributed by atoms with Gasteiger partial charge in [0, 0.05) is 6.07 Å². The van der Waals surface area contributed by atoms with Crippen LogP contribution in [0.4, 0.5) is 0 Å². The van der Waals surface area contributed by atoms with Crippen LogP contribution in [-0.4, -0.2) is 10.1 Å². The lowest BCUT2D eigenvalue weighted by Crippen LogP contribution is -1.77. The second-order valence-corrected chi connectivity index (χ2v) is 2.59. The van der Waals surface area contributed by atoms with Crippen LogP contribution in [0.5, 0.6) is 5.75 Å². The molecule has 0 fully saturated rings. The predicted molar refractivity (Wildman–Crippen MR) is 45.0 cm³/mol. The average Bonchev–Trinajstić information content (AvgIpc) is 2.46. The van der Waals surface area contributed by atoms with Gasteiger partial charge in [-0.05, 0) is 12.1 Å². The van der Waals surface area contributed by atoms with E-state index in [1.54, 1.807) is 6.07 Å². The van der Waals surface area contributed by atoms with Gasteiger partial charge in [-0.2, -0.15) is 5.26 Å². The third-order valence-electron chi connectivity index (χ3n) is 1.65. The van der Waals surface area contributed by atoms with Crippen molar-refractivity contribution >= 4 is 11.1 Å². The number of hydrogen-bond acceptors (Lipinski definition) is 4. The van der Waals surface area contributed by atoms with Gasteiger partial charge in [-0.3, -0.25) is 0 Å². The molecule has 13 heavy (non-hydrogen) atoms. The van der Waals surface area contributed by atoms with Crippen molar-refractivity contribution in [1.29, 1.82) is 5.26 Å². The molecule has 0 bridgehead atoms. The van der Waals surface area contributed by atoms with Crippen LogP contribution in [0.1, 0.15) is 5.89 Å². The molecule has 0 atom stereocenters. The third kappa shape index (κ3) is 1.32. The molecule has 1 aromatic heterocycles. The maximum absolute atomic E-state index is 9.12. The van der Waals surface area contributed by atoms with Crippen molar-refractivity contribution in [3.63, 3.8) is 0 Å². The van der Waals surface area contributed by atoms with Crippen molar-refractivity contribution in [2.24, 2.45) is 0 Å². The molecule has 0 amide bonds. The molecule has 1 aromatic carbocycles. The summed E-state index contributed by atoms with van der Waals surface area (Å²) in [6, 6.07) is 6.58. The van der Waals surface area contributed by atoms with Crippen LogP contribution in [0.3, 0.4) is 0 Å². The van der Waals surface area contributed by atoms with E-state index in [1.165, 1.54) is 12.1 Å². The van der Waals surface area contributed by atoms with Crippen LogP contribution in [-0.2, 0) is 6.42 Å². The highest BCUT2D eigenvalue weighted by Gasteiger charge is 2.04. The van der Waals surface area contributed by atoms with Gasteiger partial charge in [0.25, 0.3) is 0 Å². The third-order valence-corrected chi connectivity index (χ3v) is 1.65. The van der Waals surface area contributed by atoms with Gasteiger partial charge < -0.3 is 9.52 Å². The van der Waals surface area contributed by atoms with Gasteiger partial charge in [-0.25, -0.2) is 4.98 Å². The summed E-state index contributed by atoms with van der Waals surface area (Å²) in [5.74, 6) is 0.521. The van der Waals surface area contributed by atoms with Gasteiger partial charge in [0.1, 0.15) is 17.7 Å². The number of rotatable bonds is 1. The first-order chi connectivity index (χ1) is 6.29. The van der Waals surface area contributed by atoms with Crippen molar-refractivity contribution in [2.75, 3.05) is 0 Å². The maximum Gasteiger partial charge on any atom is 0.209 e. The predicted octanol–water partition coefficient (Wildman–Crippen LogP) is 1.60. The average molecular weight is 174 g/mol. The Morgan fingerprint density at radius 3 is 3.15 bits per heavy atom. The first kappa shape index (κ1) is 7.62. The fourth-order valence-electron chi connectivity index (χ4n) is 1.11. The zero-order valence-corrected chi connectivity index (χ0v) is 6.69. The molecule has 0 radical (unpaired) electrons. The van der Waals surface area contributed by atoms with Crippen LogP contribution >= 0.6 is 0 Å². The van der Waals surface area contributed by atoms with Gasteiger partial charge in [-0.15, -0.1) is 0 Å². The second kappa shape index (κ2) is 2.79. The molecule has 4 nitrogen and oxygen atoms in total. The molecule has 64 valence electrons. The highest BCUT2D eigenvalue weighted by molar-refractivity contribution is 5.74. The van der Waals surface area contributed by atoms with E-state index in [4.69, 9.17) is 14.8 Å². The molecule has 0 unspecified atom stereocenters. The normalized spacial score (nSPS) is 10.1. The van der Waals surface area contributed by atoms with Crippen molar-refractivity contribution in [3.05, 3.63) is 24.1 Å². The lowest BCUT2D eigenvalue weighted by Gasteiger charge is -1.87. The minimum Gasteiger partial charge on any atom is -0.508 e. The van der Waals surface area contributed by atoms with Crippen LogP contribution in [0, 0.1) is 11.3 Å². The van der Waals surface area contributed by atoms with Crippen LogP contribution < -0.4 is 0 Å². The summed E-state index contributed by atoms with van der Waals surface area (Å²) in [6.45, 7) is 0. The van der Waals surface area contributed by atoms with Crippen molar-refractivity contribution < 1.29 is 9.52 Å². The van der Waals surface area contributed by atoms with Crippen LogP contribution in [0.2, 0.25) is 0 Å². The SMILES string of the molecule is N#CCc1nc2cc(O)ccc2o1. The van der Waals surface area contributed by atoms with Crippen LogP contribution in [0.15, 0.2) is 22.6 Å². The van der Waals surface area contributed by atoms with Gasteiger partial charge in [0.15, 0.2) is 5.58 Å². The molecule has 0 spiro atoms. The first-order valence-corrected chi connectivity index (χ1v) is 3.75. The number of fused-ring (bicyclic) bond motifs is 1. The summed E-state index contributed by atoms with van der Waals surface area (Å²) in [7, 11) is 0. The van der Waals surface area contributed by atoms with Gasteiger partial charge in [-0.1, -0.05) is 0 Å². The molecular formula is C9H6N2O2. The fourth-order valence-corrected chi connectivity index (χ4v) is 1.11. The van der Waals surface area contributed by atoms with Gasteiger partial charge in [0.05, 0.1) is 6.07 Å². The molecule has 2 aromatic rings. The van der Waals surface area contributed by atoms with E-state index in [2.05, 4.69) is 4.98 Å². The molecule has 0 aliphatic rings. The molecule has 0 aliphatic heterocycles. The Balaban J connectivity index is 2.57. The van der Waals surface area contributed by atoms with Gasteiger partial charge in [0.2, 0.25) is 5.89 Å². The zero-order valence-electron chi connectivity index (χ0n) is 6.69. The molecule has 0 aliphatic carbocycles. The Hall–Kier alpha value is -2.02.